The largest absolute Gasteiger partial charge is 0.126 e. The van der Waals surface area contributed by atoms with Gasteiger partial charge in [-0.3, -0.25) is 0 Å². The first-order valence-electron chi connectivity index (χ1n) is 10.5. The third kappa shape index (κ3) is 6.56. The Kier molecular flexibility index (Phi) is 9.25. The predicted molar refractivity (Wildman–Crippen MR) is 121 cm³/mol. The Hall–Kier alpha value is -0.610. The van der Waals surface area contributed by atoms with Crippen LogP contribution in [-0.2, 0) is 0 Å². The van der Waals surface area contributed by atoms with E-state index in [1.165, 1.54) is 63.1 Å². The fraction of sp³-hybridized carbons (Fsp3) is 0.667. The van der Waals surface area contributed by atoms with Crippen molar-refractivity contribution in [2.75, 3.05) is 12.8 Å². The van der Waals surface area contributed by atoms with Crippen LogP contribution in [-0.4, -0.2) is 12.8 Å². The van der Waals surface area contributed by atoms with Crippen molar-refractivity contribution in [3.05, 3.63) is 48.0 Å². The lowest BCUT2D eigenvalue weighted by molar-refractivity contribution is 0.171. The SMILES string of the molecule is C=CC1CCC(C2CCC(c3ccc(C)cc3)CC2)CC1.CCPC.[HH].[HH]. The second-order valence-corrected chi connectivity index (χ2v) is 9.55. The van der Waals surface area contributed by atoms with Gasteiger partial charge in [-0.15, -0.1) is 15.2 Å². The number of hydrogen-bond acceptors (Lipinski definition) is 0. The molecule has 0 bridgehead atoms. The maximum Gasteiger partial charge on any atom is 0 e. The molecular formula is C24H43P. The highest BCUT2D eigenvalue weighted by Gasteiger charge is 2.30. The van der Waals surface area contributed by atoms with E-state index in [0.717, 1.165) is 32.3 Å². The van der Waals surface area contributed by atoms with Crippen molar-refractivity contribution in [3.8, 4) is 0 Å². The van der Waals surface area contributed by atoms with E-state index in [0.29, 0.717) is 0 Å². The van der Waals surface area contributed by atoms with Crippen molar-refractivity contribution in [1.82, 2.24) is 0 Å². The van der Waals surface area contributed by atoms with Crippen molar-refractivity contribution < 1.29 is 2.85 Å². The highest BCUT2D eigenvalue weighted by molar-refractivity contribution is 7.36. The monoisotopic (exact) mass is 362 g/mol. The van der Waals surface area contributed by atoms with Gasteiger partial charge in [-0.1, -0.05) is 42.8 Å². The molecule has 0 radical (unpaired) electrons. The van der Waals surface area contributed by atoms with Gasteiger partial charge in [-0.05, 0) is 100 Å². The molecule has 0 aromatic heterocycles. The minimum atomic E-state index is 0. The number of hydrogen-bond donors (Lipinski definition) is 0. The number of aryl methyl sites for hydroxylation is 1. The molecule has 0 aliphatic heterocycles. The third-order valence-electron chi connectivity index (χ3n) is 6.49. The van der Waals surface area contributed by atoms with E-state index in [9.17, 15) is 0 Å². The first-order chi connectivity index (χ1) is 12.2. The van der Waals surface area contributed by atoms with Crippen LogP contribution in [0.3, 0.4) is 0 Å². The first-order valence-corrected chi connectivity index (χ1v) is 12.2. The summed E-state index contributed by atoms with van der Waals surface area (Å²) in [5.74, 6) is 3.66. The van der Waals surface area contributed by atoms with E-state index in [4.69, 9.17) is 0 Å². The van der Waals surface area contributed by atoms with Gasteiger partial charge in [-0.25, -0.2) is 0 Å². The van der Waals surface area contributed by atoms with Gasteiger partial charge in [0.15, 0.2) is 0 Å². The van der Waals surface area contributed by atoms with Crippen molar-refractivity contribution in [1.29, 1.82) is 0 Å². The van der Waals surface area contributed by atoms with Crippen LogP contribution in [0.1, 0.15) is 78.2 Å². The quantitative estimate of drug-likeness (QED) is 0.375. The molecular weight excluding hydrogens is 319 g/mol. The van der Waals surface area contributed by atoms with Gasteiger partial charge in [0.1, 0.15) is 0 Å². The Morgan fingerprint density at radius 1 is 0.960 bits per heavy atom. The van der Waals surface area contributed by atoms with Gasteiger partial charge in [0, 0.05) is 2.85 Å². The molecule has 25 heavy (non-hydrogen) atoms. The minimum absolute atomic E-state index is 0. The molecule has 2 aliphatic rings. The maximum absolute atomic E-state index is 3.97. The molecule has 1 atom stereocenters. The van der Waals surface area contributed by atoms with Gasteiger partial charge in [0.25, 0.3) is 0 Å². The highest BCUT2D eigenvalue weighted by atomic mass is 31.1. The Labute approximate surface area is 161 Å². The first kappa shape index (κ1) is 20.7. The second kappa shape index (κ2) is 11.2. The summed E-state index contributed by atoms with van der Waals surface area (Å²) in [6, 6.07) is 9.27. The van der Waals surface area contributed by atoms with Crippen molar-refractivity contribution in [2.45, 2.75) is 71.1 Å². The average molecular weight is 363 g/mol. The summed E-state index contributed by atoms with van der Waals surface area (Å²) >= 11 is 0. The van der Waals surface area contributed by atoms with Crippen LogP contribution >= 0.6 is 8.58 Å². The summed E-state index contributed by atoms with van der Waals surface area (Å²) in [4.78, 5) is 0. The van der Waals surface area contributed by atoms with Crippen molar-refractivity contribution in [2.24, 2.45) is 17.8 Å². The smallest absolute Gasteiger partial charge is 0 e. The maximum atomic E-state index is 3.97. The summed E-state index contributed by atoms with van der Waals surface area (Å²) in [6.07, 6.45) is 15.0. The van der Waals surface area contributed by atoms with E-state index < -0.39 is 0 Å². The normalized spacial score (nSPS) is 29.9. The van der Waals surface area contributed by atoms with Crippen LogP contribution in [0, 0.1) is 24.7 Å². The van der Waals surface area contributed by atoms with Gasteiger partial charge < -0.3 is 0 Å². The molecule has 1 heteroatoms. The van der Waals surface area contributed by atoms with E-state index in [1.807, 2.05) is 0 Å². The zero-order chi connectivity index (χ0) is 18.1. The summed E-state index contributed by atoms with van der Waals surface area (Å²) in [5.41, 5.74) is 2.96. The summed E-state index contributed by atoms with van der Waals surface area (Å²) in [5, 5.41) is 0. The molecule has 0 saturated heterocycles. The molecule has 1 aromatic rings. The Balaban J connectivity index is 0.00000103. The Morgan fingerprint density at radius 2 is 1.44 bits per heavy atom. The second-order valence-electron chi connectivity index (χ2n) is 8.14. The summed E-state index contributed by atoms with van der Waals surface area (Å²) in [7, 11) is 1.14. The van der Waals surface area contributed by atoms with Crippen molar-refractivity contribution >= 4 is 8.58 Å². The molecule has 0 spiro atoms. The Bertz CT molecular complexity index is 482. The number of rotatable bonds is 4. The van der Waals surface area contributed by atoms with Crippen LogP contribution in [0.15, 0.2) is 36.9 Å². The van der Waals surface area contributed by atoms with Gasteiger partial charge in [0.2, 0.25) is 0 Å². The lowest BCUT2D eigenvalue weighted by Gasteiger charge is -2.37. The molecule has 144 valence electrons. The van der Waals surface area contributed by atoms with Crippen LogP contribution < -0.4 is 0 Å². The van der Waals surface area contributed by atoms with Crippen molar-refractivity contribution in [3.63, 3.8) is 0 Å². The molecule has 3 rings (SSSR count). The van der Waals surface area contributed by atoms with E-state index >= 15 is 0 Å². The van der Waals surface area contributed by atoms with Gasteiger partial charge >= 0.3 is 0 Å². The van der Waals surface area contributed by atoms with Crippen LogP contribution in [0.4, 0.5) is 0 Å². The lowest BCUT2D eigenvalue weighted by atomic mass is 9.68. The highest BCUT2D eigenvalue weighted by Crippen LogP contribution is 2.43. The predicted octanol–water partition coefficient (Wildman–Crippen LogP) is 8.07. The molecule has 2 aliphatic carbocycles. The third-order valence-corrected chi connectivity index (χ3v) is 7.20. The van der Waals surface area contributed by atoms with E-state index in [-0.39, 0.29) is 2.85 Å². The average Bonchev–Trinajstić information content (AvgIpc) is 2.69. The molecule has 0 N–H and O–H groups in total. The van der Waals surface area contributed by atoms with E-state index in [1.54, 1.807) is 5.56 Å². The molecule has 2 saturated carbocycles. The molecule has 0 amide bonds. The lowest BCUT2D eigenvalue weighted by Crippen LogP contribution is -2.25. The molecule has 2 fully saturated rings. The summed E-state index contributed by atoms with van der Waals surface area (Å²) < 4.78 is 0. The fourth-order valence-corrected chi connectivity index (χ4v) is 4.61. The molecule has 1 unspecified atom stereocenters. The standard InChI is InChI=1S/C21H30.C3H9P.2H2/c1-3-17-6-10-19(11-7-17)21-14-12-20(13-15-21)18-8-4-16(2)5-9-18;1-3-4-2;;/h3-5,8-9,17,19-21H,1,6-7,10-15H2,2H3;4H,3H2,1-2H3;2*1H. The Morgan fingerprint density at radius 3 is 1.88 bits per heavy atom. The summed E-state index contributed by atoms with van der Waals surface area (Å²) in [6.45, 7) is 10.6. The van der Waals surface area contributed by atoms with E-state index in [2.05, 4.69) is 57.4 Å². The molecule has 0 nitrogen and oxygen atoms in total. The number of benzene rings is 1. The zero-order valence-corrected chi connectivity index (χ0v) is 17.8. The van der Waals surface area contributed by atoms with Crippen LogP contribution in [0.25, 0.3) is 0 Å². The van der Waals surface area contributed by atoms with Gasteiger partial charge in [0.05, 0.1) is 0 Å². The molecule has 1 aromatic carbocycles. The number of allylic oxidation sites excluding steroid dienone is 1. The zero-order valence-electron chi connectivity index (χ0n) is 16.8. The van der Waals surface area contributed by atoms with Crippen LogP contribution in [0.2, 0.25) is 0 Å². The molecule has 0 heterocycles. The topological polar surface area (TPSA) is 0 Å². The van der Waals surface area contributed by atoms with Crippen LogP contribution in [0.5, 0.6) is 0 Å². The fourth-order valence-electron chi connectivity index (χ4n) is 4.61. The van der Waals surface area contributed by atoms with Gasteiger partial charge in [-0.2, -0.15) is 0 Å². The minimum Gasteiger partial charge on any atom is -0.126 e.